The van der Waals surface area contributed by atoms with E-state index in [0.29, 0.717) is 24.8 Å². The molecule has 1 aliphatic heterocycles. The highest BCUT2D eigenvalue weighted by atomic mass is 35.5. The van der Waals surface area contributed by atoms with Gasteiger partial charge in [0.2, 0.25) is 0 Å². The maximum atomic E-state index is 12.6. The van der Waals surface area contributed by atoms with Crippen molar-refractivity contribution in [2.75, 3.05) is 23.9 Å². The first-order valence-electron chi connectivity index (χ1n) is 5.90. The topological polar surface area (TPSA) is 25.4 Å². The van der Waals surface area contributed by atoms with Crippen molar-refractivity contribution >= 4 is 17.4 Å². The second kappa shape index (κ2) is 5.54. The van der Waals surface area contributed by atoms with Crippen LogP contribution in [-0.4, -0.2) is 36.2 Å². The minimum Gasteiger partial charge on any atom is -0.373 e. The molecule has 0 radical (unpaired) electrons. The molecule has 0 amide bonds. The van der Waals surface area contributed by atoms with E-state index in [-0.39, 0.29) is 12.1 Å². The first kappa shape index (κ1) is 14.4. The summed E-state index contributed by atoms with van der Waals surface area (Å²) >= 11 is 5.73. The van der Waals surface area contributed by atoms with Gasteiger partial charge in [0.15, 0.2) is 0 Å². The Hall–Kier alpha value is -1.01. The number of pyridine rings is 1. The first-order valence-corrected chi connectivity index (χ1v) is 6.43. The van der Waals surface area contributed by atoms with Crippen LogP contribution in [0, 0.1) is 0 Å². The number of halogens is 4. The highest BCUT2D eigenvalue weighted by molar-refractivity contribution is 6.18. The van der Waals surface area contributed by atoms with Crippen LogP contribution < -0.4 is 4.90 Å². The molecule has 0 aliphatic carbocycles. The molecule has 2 heterocycles. The van der Waals surface area contributed by atoms with Crippen LogP contribution in [0.1, 0.15) is 12.6 Å². The molecule has 0 spiro atoms. The minimum absolute atomic E-state index is 0.0320. The SMILES string of the molecule is CC1COC(CCl)CN1c1cccc(C(F)(F)F)n1. The van der Waals surface area contributed by atoms with Crippen LogP contribution in [0.15, 0.2) is 18.2 Å². The highest BCUT2D eigenvalue weighted by Crippen LogP contribution is 2.30. The smallest absolute Gasteiger partial charge is 0.373 e. The number of anilines is 1. The molecule has 3 nitrogen and oxygen atoms in total. The van der Waals surface area contributed by atoms with Gasteiger partial charge in [0.05, 0.1) is 24.6 Å². The summed E-state index contributed by atoms with van der Waals surface area (Å²) in [5.74, 6) is 0.614. The molecule has 2 unspecified atom stereocenters. The Morgan fingerprint density at radius 2 is 2.21 bits per heavy atom. The molecule has 106 valence electrons. The van der Waals surface area contributed by atoms with E-state index in [9.17, 15) is 13.2 Å². The van der Waals surface area contributed by atoms with Gasteiger partial charge < -0.3 is 9.64 Å². The van der Waals surface area contributed by atoms with E-state index in [0.717, 1.165) is 6.07 Å². The van der Waals surface area contributed by atoms with Gasteiger partial charge in [-0.3, -0.25) is 0 Å². The zero-order valence-electron chi connectivity index (χ0n) is 10.3. The Morgan fingerprint density at radius 3 is 2.84 bits per heavy atom. The van der Waals surface area contributed by atoms with Crippen LogP contribution in [0.25, 0.3) is 0 Å². The molecule has 1 saturated heterocycles. The predicted molar refractivity (Wildman–Crippen MR) is 66.5 cm³/mol. The maximum Gasteiger partial charge on any atom is 0.433 e. The average Bonchev–Trinajstić information content (AvgIpc) is 2.38. The van der Waals surface area contributed by atoms with Crippen molar-refractivity contribution in [1.82, 2.24) is 4.98 Å². The van der Waals surface area contributed by atoms with Gasteiger partial charge in [0.1, 0.15) is 11.5 Å². The van der Waals surface area contributed by atoms with E-state index in [4.69, 9.17) is 16.3 Å². The van der Waals surface area contributed by atoms with Crippen molar-refractivity contribution in [2.24, 2.45) is 0 Å². The third-order valence-corrected chi connectivity index (χ3v) is 3.34. The Bertz CT molecular complexity index is 441. The molecule has 0 aromatic carbocycles. The van der Waals surface area contributed by atoms with E-state index in [1.165, 1.54) is 6.07 Å². The van der Waals surface area contributed by atoms with Gasteiger partial charge in [-0.2, -0.15) is 13.2 Å². The van der Waals surface area contributed by atoms with Crippen LogP contribution in [-0.2, 0) is 10.9 Å². The lowest BCUT2D eigenvalue weighted by atomic mass is 10.2. The van der Waals surface area contributed by atoms with Crippen LogP contribution in [0.4, 0.5) is 19.0 Å². The molecule has 2 rings (SSSR count). The van der Waals surface area contributed by atoms with Crippen molar-refractivity contribution < 1.29 is 17.9 Å². The number of hydrogen-bond acceptors (Lipinski definition) is 3. The van der Waals surface area contributed by atoms with Crippen molar-refractivity contribution in [3.63, 3.8) is 0 Å². The van der Waals surface area contributed by atoms with Crippen LogP contribution in [0.2, 0.25) is 0 Å². The van der Waals surface area contributed by atoms with Crippen molar-refractivity contribution in [3.05, 3.63) is 23.9 Å². The Balaban J connectivity index is 2.25. The Kier molecular flexibility index (Phi) is 4.20. The predicted octanol–water partition coefficient (Wildman–Crippen LogP) is 2.93. The van der Waals surface area contributed by atoms with Gasteiger partial charge in [-0.15, -0.1) is 11.6 Å². The van der Waals surface area contributed by atoms with Crippen molar-refractivity contribution in [1.29, 1.82) is 0 Å². The summed E-state index contributed by atoms with van der Waals surface area (Å²) in [5, 5.41) is 0. The lowest BCUT2D eigenvalue weighted by Gasteiger charge is -2.38. The Labute approximate surface area is 114 Å². The molecule has 7 heteroatoms. The number of hydrogen-bond donors (Lipinski definition) is 0. The molecular formula is C12H14ClF3N2O. The number of aromatic nitrogens is 1. The summed E-state index contributed by atoms with van der Waals surface area (Å²) in [6.07, 6.45) is -4.62. The number of nitrogens with zero attached hydrogens (tertiary/aromatic N) is 2. The van der Waals surface area contributed by atoms with Crippen LogP contribution in [0.5, 0.6) is 0 Å². The van der Waals surface area contributed by atoms with Gasteiger partial charge in [-0.1, -0.05) is 6.07 Å². The van der Waals surface area contributed by atoms with Crippen LogP contribution >= 0.6 is 11.6 Å². The van der Waals surface area contributed by atoms with E-state index in [2.05, 4.69) is 4.98 Å². The second-order valence-corrected chi connectivity index (χ2v) is 4.80. The summed E-state index contributed by atoms with van der Waals surface area (Å²) in [7, 11) is 0. The third kappa shape index (κ3) is 3.30. The summed E-state index contributed by atoms with van der Waals surface area (Å²) in [6.45, 7) is 2.75. The van der Waals surface area contributed by atoms with Gasteiger partial charge in [-0.05, 0) is 19.1 Å². The van der Waals surface area contributed by atoms with Gasteiger partial charge >= 0.3 is 6.18 Å². The van der Waals surface area contributed by atoms with Gasteiger partial charge in [0.25, 0.3) is 0 Å². The van der Waals surface area contributed by atoms with Crippen molar-refractivity contribution in [3.8, 4) is 0 Å². The molecule has 1 aromatic rings. The quantitative estimate of drug-likeness (QED) is 0.784. The molecule has 0 bridgehead atoms. The van der Waals surface area contributed by atoms with E-state index in [1.54, 1.807) is 11.0 Å². The fourth-order valence-corrected chi connectivity index (χ4v) is 2.16. The molecule has 1 aromatic heterocycles. The van der Waals surface area contributed by atoms with E-state index >= 15 is 0 Å². The standard InChI is InChI=1S/C12H14ClF3N2O/c1-8-7-19-9(5-13)6-18(8)11-4-2-3-10(17-11)12(14,15)16/h2-4,8-9H,5-7H2,1H3. The molecule has 1 fully saturated rings. The largest absolute Gasteiger partial charge is 0.433 e. The number of rotatable bonds is 2. The molecule has 0 N–H and O–H groups in total. The maximum absolute atomic E-state index is 12.6. The molecule has 2 atom stereocenters. The zero-order chi connectivity index (χ0) is 14.0. The zero-order valence-corrected chi connectivity index (χ0v) is 11.1. The van der Waals surface area contributed by atoms with Gasteiger partial charge in [0, 0.05) is 6.54 Å². The van der Waals surface area contributed by atoms with E-state index in [1.807, 2.05) is 6.92 Å². The summed E-state index contributed by atoms with van der Waals surface area (Å²) in [5.41, 5.74) is -0.883. The monoisotopic (exact) mass is 294 g/mol. The summed E-state index contributed by atoms with van der Waals surface area (Å²) < 4.78 is 43.4. The molecule has 19 heavy (non-hydrogen) atoms. The first-order chi connectivity index (χ1) is 8.91. The lowest BCUT2D eigenvalue weighted by Crippen LogP contribution is -2.49. The highest BCUT2D eigenvalue weighted by Gasteiger charge is 2.34. The van der Waals surface area contributed by atoms with E-state index < -0.39 is 11.9 Å². The Morgan fingerprint density at radius 1 is 1.47 bits per heavy atom. The normalized spacial score (nSPS) is 24.6. The summed E-state index contributed by atoms with van der Waals surface area (Å²) in [4.78, 5) is 5.49. The third-order valence-electron chi connectivity index (χ3n) is 3.00. The van der Waals surface area contributed by atoms with Crippen molar-refractivity contribution in [2.45, 2.75) is 25.2 Å². The minimum atomic E-state index is -4.43. The number of alkyl halides is 4. The fraction of sp³-hybridized carbons (Fsp3) is 0.583. The fourth-order valence-electron chi connectivity index (χ4n) is 1.97. The second-order valence-electron chi connectivity index (χ2n) is 4.49. The van der Waals surface area contributed by atoms with Gasteiger partial charge in [-0.25, -0.2) is 4.98 Å². The molecular weight excluding hydrogens is 281 g/mol. The number of ether oxygens (including phenoxy) is 1. The molecule has 0 saturated carbocycles. The average molecular weight is 295 g/mol. The summed E-state index contributed by atoms with van der Waals surface area (Å²) in [6, 6.07) is 3.87. The van der Waals surface area contributed by atoms with Crippen LogP contribution in [0.3, 0.4) is 0 Å². The lowest BCUT2D eigenvalue weighted by molar-refractivity contribution is -0.141. The number of morpholine rings is 1. The molecule has 1 aliphatic rings.